The van der Waals surface area contributed by atoms with Crippen LogP contribution < -0.4 is 0 Å². The molecule has 9 rings (SSSR count). The van der Waals surface area contributed by atoms with E-state index in [1.165, 1.54) is 88.2 Å². The first-order chi connectivity index (χ1) is 15.4. The van der Waals surface area contributed by atoms with E-state index < -0.39 is 5.97 Å². The molecule has 4 atom stereocenters. The van der Waals surface area contributed by atoms with E-state index in [1.54, 1.807) is 0 Å². The van der Waals surface area contributed by atoms with Gasteiger partial charge in [-0.25, -0.2) is 4.79 Å². The maximum Gasteiger partial charge on any atom is 0.336 e. The molecule has 0 radical (unpaired) electrons. The molecule has 2 nitrogen and oxygen atoms in total. The summed E-state index contributed by atoms with van der Waals surface area (Å²) < 4.78 is 0. The third kappa shape index (κ3) is 2.82. The number of carboxylic acids is 1. The minimum Gasteiger partial charge on any atom is -0.478 e. The second kappa shape index (κ2) is 5.90. The van der Waals surface area contributed by atoms with Gasteiger partial charge in [-0.15, -0.1) is 0 Å². The standard InChI is InChI=1S/C31H42O2/c1-26-8-20-9-27(2,14-26)17-30(12-20,16-26)22-6-5-7-23(24(22)25(32)33)31-13-21-10-28(3,18-31)15-29(4,11-21)19-31/h5-7,20-21H,8-19H2,1-4H3,(H,32,33). The van der Waals surface area contributed by atoms with Gasteiger partial charge in [0.05, 0.1) is 5.56 Å². The van der Waals surface area contributed by atoms with Gasteiger partial charge in [0, 0.05) is 0 Å². The molecule has 8 saturated carbocycles. The Morgan fingerprint density at radius 1 is 0.667 bits per heavy atom. The summed E-state index contributed by atoms with van der Waals surface area (Å²) in [6.45, 7) is 10.0. The van der Waals surface area contributed by atoms with Crippen LogP contribution in [0, 0.1) is 33.5 Å². The average Bonchev–Trinajstić information content (AvgIpc) is 2.61. The third-order valence-electron chi connectivity index (χ3n) is 11.7. The van der Waals surface area contributed by atoms with Crippen molar-refractivity contribution in [3.05, 3.63) is 34.9 Å². The number of rotatable bonds is 3. The molecule has 0 aromatic heterocycles. The molecule has 0 saturated heterocycles. The molecule has 8 aliphatic rings. The molecule has 0 heterocycles. The smallest absolute Gasteiger partial charge is 0.336 e. The van der Waals surface area contributed by atoms with Crippen LogP contribution in [0.25, 0.3) is 0 Å². The van der Waals surface area contributed by atoms with Crippen LogP contribution in [-0.4, -0.2) is 11.1 Å². The number of hydrogen-bond acceptors (Lipinski definition) is 1. The van der Waals surface area contributed by atoms with Crippen molar-refractivity contribution in [2.45, 2.75) is 116 Å². The van der Waals surface area contributed by atoms with Gasteiger partial charge in [0.1, 0.15) is 0 Å². The summed E-state index contributed by atoms with van der Waals surface area (Å²) >= 11 is 0. The summed E-state index contributed by atoms with van der Waals surface area (Å²) in [6, 6.07) is 6.75. The van der Waals surface area contributed by atoms with Crippen molar-refractivity contribution in [3.63, 3.8) is 0 Å². The van der Waals surface area contributed by atoms with Crippen LogP contribution in [0.15, 0.2) is 18.2 Å². The summed E-state index contributed by atoms with van der Waals surface area (Å²) in [4.78, 5) is 13.1. The first kappa shape index (κ1) is 21.0. The predicted octanol–water partition coefficient (Wildman–Crippen LogP) is 7.88. The van der Waals surface area contributed by atoms with E-state index in [2.05, 4.69) is 45.9 Å². The van der Waals surface area contributed by atoms with Crippen molar-refractivity contribution in [3.8, 4) is 0 Å². The van der Waals surface area contributed by atoms with Crippen LogP contribution >= 0.6 is 0 Å². The first-order valence-electron chi connectivity index (χ1n) is 13.7. The lowest BCUT2D eigenvalue weighted by Gasteiger charge is -2.67. The molecular formula is C31H42O2. The first-order valence-corrected chi connectivity index (χ1v) is 13.7. The Morgan fingerprint density at radius 2 is 1.03 bits per heavy atom. The lowest BCUT2D eigenvalue weighted by molar-refractivity contribution is -0.112. The quantitative estimate of drug-likeness (QED) is 0.513. The molecule has 8 fully saturated rings. The number of hydrogen-bond donors (Lipinski definition) is 1. The maximum absolute atomic E-state index is 13.1. The topological polar surface area (TPSA) is 37.3 Å². The van der Waals surface area contributed by atoms with E-state index in [4.69, 9.17) is 0 Å². The monoisotopic (exact) mass is 446 g/mol. The Labute approximate surface area is 199 Å². The van der Waals surface area contributed by atoms with Crippen LogP contribution in [0.5, 0.6) is 0 Å². The van der Waals surface area contributed by atoms with E-state index in [9.17, 15) is 9.90 Å². The van der Waals surface area contributed by atoms with Gasteiger partial charge < -0.3 is 5.11 Å². The molecule has 2 heteroatoms. The minimum absolute atomic E-state index is 0.0722. The van der Waals surface area contributed by atoms with Gasteiger partial charge in [-0.3, -0.25) is 0 Å². The molecule has 8 bridgehead atoms. The zero-order chi connectivity index (χ0) is 23.1. The van der Waals surface area contributed by atoms with Gasteiger partial charge >= 0.3 is 5.97 Å². The molecule has 178 valence electrons. The van der Waals surface area contributed by atoms with Gasteiger partial charge in [0.2, 0.25) is 0 Å². The Hall–Kier alpha value is -1.31. The van der Waals surface area contributed by atoms with Gasteiger partial charge in [-0.2, -0.15) is 0 Å². The van der Waals surface area contributed by atoms with E-state index in [1.807, 2.05) is 0 Å². The zero-order valence-electron chi connectivity index (χ0n) is 21.2. The van der Waals surface area contributed by atoms with Crippen molar-refractivity contribution >= 4 is 5.97 Å². The number of benzene rings is 1. The van der Waals surface area contributed by atoms with Gasteiger partial charge in [0.25, 0.3) is 0 Å². The molecular weight excluding hydrogens is 404 g/mol. The Bertz CT molecular complexity index is 956. The highest BCUT2D eigenvalue weighted by Crippen LogP contribution is 2.72. The molecule has 1 aromatic carbocycles. The van der Waals surface area contributed by atoms with Gasteiger partial charge in [0.15, 0.2) is 0 Å². The fraction of sp³-hybridized carbons (Fsp3) is 0.774. The van der Waals surface area contributed by atoms with Crippen LogP contribution in [0.1, 0.15) is 126 Å². The van der Waals surface area contributed by atoms with E-state index >= 15 is 0 Å². The zero-order valence-corrected chi connectivity index (χ0v) is 21.2. The largest absolute Gasteiger partial charge is 0.478 e. The van der Waals surface area contributed by atoms with Crippen molar-refractivity contribution in [2.24, 2.45) is 33.5 Å². The molecule has 33 heavy (non-hydrogen) atoms. The highest BCUT2D eigenvalue weighted by molar-refractivity contribution is 5.92. The molecule has 1 aromatic rings. The summed E-state index contributed by atoms with van der Waals surface area (Å²) in [5.74, 6) is 0.899. The third-order valence-corrected chi connectivity index (χ3v) is 11.7. The summed E-state index contributed by atoms with van der Waals surface area (Å²) in [6.07, 6.45) is 15.3. The van der Waals surface area contributed by atoms with Crippen molar-refractivity contribution in [1.29, 1.82) is 0 Å². The fourth-order valence-electron chi connectivity index (χ4n) is 13.2. The van der Waals surface area contributed by atoms with Crippen molar-refractivity contribution < 1.29 is 9.90 Å². The van der Waals surface area contributed by atoms with Crippen LogP contribution in [0.2, 0.25) is 0 Å². The Kier molecular flexibility index (Phi) is 3.76. The van der Waals surface area contributed by atoms with Crippen LogP contribution in [-0.2, 0) is 10.8 Å². The van der Waals surface area contributed by atoms with Crippen molar-refractivity contribution in [1.82, 2.24) is 0 Å². The van der Waals surface area contributed by atoms with Crippen molar-refractivity contribution in [2.75, 3.05) is 0 Å². The number of carboxylic acid groups (broad SMARTS) is 1. The predicted molar refractivity (Wildman–Crippen MR) is 132 cm³/mol. The molecule has 0 spiro atoms. The Balaban J connectivity index is 1.41. The van der Waals surface area contributed by atoms with E-state index in [0.29, 0.717) is 21.7 Å². The second-order valence-electron chi connectivity index (χ2n) is 15.9. The van der Waals surface area contributed by atoms with Gasteiger partial charge in [-0.1, -0.05) is 45.9 Å². The Morgan fingerprint density at radius 3 is 1.33 bits per heavy atom. The molecule has 4 unspecified atom stereocenters. The summed E-state index contributed by atoms with van der Waals surface area (Å²) in [7, 11) is 0. The molecule has 0 amide bonds. The highest BCUT2D eigenvalue weighted by Gasteiger charge is 2.63. The number of aromatic carboxylic acids is 1. The lowest BCUT2D eigenvalue weighted by Crippen LogP contribution is -2.58. The molecule has 8 aliphatic carbocycles. The summed E-state index contributed by atoms with van der Waals surface area (Å²) in [5.41, 5.74) is 4.89. The minimum atomic E-state index is -0.655. The summed E-state index contributed by atoms with van der Waals surface area (Å²) in [5, 5.41) is 10.8. The second-order valence-corrected chi connectivity index (χ2v) is 15.9. The SMILES string of the molecule is CC12CC3CC(C)(C1)CC(c1cccc(C45CC6CC(C)(CC(C)(C6)C4)C5)c1C(=O)O)(C3)C2. The van der Waals surface area contributed by atoms with Crippen LogP contribution in [0.4, 0.5) is 0 Å². The normalized spacial score (nSPS) is 53.6. The highest BCUT2D eigenvalue weighted by atomic mass is 16.4. The molecule has 0 aliphatic heterocycles. The average molecular weight is 447 g/mol. The van der Waals surface area contributed by atoms with E-state index in [0.717, 1.165) is 17.4 Å². The fourth-order valence-corrected chi connectivity index (χ4v) is 13.2. The van der Waals surface area contributed by atoms with Gasteiger partial charge in [-0.05, 0) is 133 Å². The van der Waals surface area contributed by atoms with Crippen LogP contribution in [0.3, 0.4) is 0 Å². The van der Waals surface area contributed by atoms with E-state index in [-0.39, 0.29) is 10.8 Å². The number of carbonyl (C=O) groups is 1. The maximum atomic E-state index is 13.1. The molecule has 1 N–H and O–H groups in total. The lowest BCUT2D eigenvalue weighted by atomic mass is 9.38.